The maximum atomic E-state index is 11.2. The maximum Gasteiger partial charge on any atom is 0.221 e. The third-order valence-corrected chi connectivity index (χ3v) is 5.06. The number of carbonyl (C=O) groups excluding carboxylic acids is 1. The molecular formula is C15H20N2OS. The van der Waals surface area contributed by atoms with Crippen molar-refractivity contribution in [3.63, 3.8) is 0 Å². The summed E-state index contributed by atoms with van der Waals surface area (Å²) in [6.07, 6.45) is 3.11. The number of amides is 1. The molecule has 0 spiro atoms. The molecule has 1 aromatic heterocycles. The summed E-state index contributed by atoms with van der Waals surface area (Å²) in [5, 5.41) is 12.8. The highest BCUT2D eigenvalue weighted by molar-refractivity contribution is 7.16. The lowest BCUT2D eigenvalue weighted by Crippen LogP contribution is -2.26. The van der Waals surface area contributed by atoms with E-state index in [1.807, 2.05) is 0 Å². The van der Waals surface area contributed by atoms with Crippen molar-refractivity contribution in [2.75, 3.05) is 5.32 Å². The van der Waals surface area contributed by atoms with E-state index in [0.29, 0.717) is 16.9 Å². The molecule has 1 aliphatic carbocycles. The topological polar surface area (TPSA) is 52.9 Å². The van der Waals surface area contributed by atoms with Crippen molar-refractivity contribution in [3.8, 4) is 6.07 Å². The molecule has 1 aliphatic rings. The minimum atomic E-state index is -0.109. The predicted molar refractivity (Wildman–Crippen MR) is 78.3 cm³/mol. The predicted octanol–water partition coefficient (Wildman–Crippen LogP) is 3.73. The number of nitrogens with one attached hydrogen (secondary N) is 1. The lowest BCUT2D eigenvalue weighted by molar-refractivity contribution is -0.114. The van der Waals surface area contributed by atoms with Crippen LogP contribution < -0.4 is 5.32 Å². The quantitative estimate of drug-likeness (QED) is 0.849. The Labute approximate surface area is 118 Å². The summed E-state index contributed by atoms with van der Waals surface area (Å²) in [5.74, 6) is 0.540. The van der Waals surface area contributed by atoms with Gasteiger partial charge in [0.25, 0.3) is 0 Å². The second-order valence-electron chi connectivity index (χ2n) is 6.31. The number of fused-ring (bicyclic) bond motifs is 1. The fourth-order valence-electron chi connectivity index (χ4n) is 2.69. The third-order valence-electron chi connectivity index (χ3n) is 3.89. The second kappa shape index (κ2) is 4.97. The zero-order chi connectivity index (χ0) is 14.2. The number of rotatable bonds is 1. The first kappa shape index (κ1) is 14.1. The molecule has 1 N–H and O–H groups in total. The van der Waals surface area contributed by atoms with Crippen LogP contribution in [0.15, 0.2) is 0 Å². The summed E-state index contributed by atoms with van der Waals surface area (Å²) in [4.78, 5) is 12.5. The van der Waals surface area contributed by atoms with Crippen LogP contribution in [0.2, 0.25) is 0 Å². The van der Waals surface area contributed by atoms with Crippen molar-refractivity contribution in [2.45, 2.75) is 47.0 Å². The average molecular weight is 276 g/mol. The van der Waals surface area contributed by atoms with Crippen LogP contribution in [0.25, 0.3) is 0 Å². The molecule has 0 aromatic carbocycles. The SMILES string of the molecule is CC(=O)Nc1sc2c(c1C#N)CC[C@H](C(C)(C)C)C2. The molecule has 0 saturated heterocycles. The van der Waals surface area contributed by atoms with E-state index in [1.54, 1.807) is 11.3 Å². The zero-order valence-corrected chi connectivity index (χ0v) is 12.8. The largest absolute Gasteiger partial charge is 0.317 e. The Kier molecular flexibility index (Phi) is 3.69. The van der Waals surface area contributed by atoms with Crippen molar-refractivity contribution >= 4 is 22.2 Å². The first-order valence-electron chi connectivity index (χ1n) is 6.65. The van der Waals surface area contributed by atoms with E-state index in [4.69, 9.17) is 0 Å². The Hall–Kier alpha value is -1.34. The van der Waals surface area contributed by atoms with Gasteiger partial charge in [0.15, 0.2) is 0 Å². The monoisotopic (exact) mass is 276 g/mol. The number of carbonyl (C=O) groups is 1. The van der Waals surface area contributed by atoms with Gasteiger partial charge in [0.2, 0.25) is 5.91 Å². The Morgan fingerprint density at radius 3 is 2.68 bits per heavy atom. The van der Waals surface area contributed by atoms with Gasteiger partial charge in [-0.2, -0.15) is 5.26 Å². The van der Waals surface area contributed by atoms with Gasteiger partial charge in [0.1, 0.15) is 11.1 Å². The lowest BCUT2D eigenvalue weighted by atomic mass is 9.72. The molecule has 2 rings (SSSR count). The lowest BCUT2D eigenvalue weighted by Gasteiger charge is -2.33. The maximum absolute atomic E-state index is 11.2. The van der Waals surface area contributed by atoms with Gasteiger partial charge in [-0.25, -0.2) is 0 Å². The molecular weight excluding hydrogens is 256 g/mol. The Bertz CT molecular complexity index is 546. The molecule has 0 unspecified atom stereocenters. The molecule has 0 saturated carbocycles. The number of anilines is 1. The second-order valence-corrected chi connectivity index (χ2v) is 7.41. The van der Waals surface area contributed by atoms with Crippen LogP contribution in [0, 0.1) is 22.7 Å². The standard InChI is InChI=1S/C15H20N2OS/c1-9(18)17-14-12(8-16)11-6-5-10(15(2,3)4)7-13(11)19-14/h10H,5-7H2,1-4H3,(H,17,18)/t10-/m0/s1. The van der Waals surface area contributed by atoms with Gasteiger partial charge in [-0.05, 0) is 36.2 Å². The molecule has 1 amide bonds. The fraction of sp³-hybridized carbons (Fsp3) is 0.600. The highest BCUT2D eigenvalue weighted by Gasteiger charge is 2.32. The normalized spacial score (nSPS) is 18.6. The van der Waals surface area contributed by atoms with Gasteiger partial charge >= 0.3 is 0 Å². The van der Waals surface area contributed by atoms with Crippen LogP contribution in [0.4, 0.5) is 5.00 Å². The summed E-state index contributed by atoms with van der Waals surface area (Å²) < 4.78 is 0. The van der Waals surface area contributed by atoms with E-state index in [0.717, 1.165) is 29.8 Å². The van der Waals surface area contributed by atoms with Crippen LogP contribution in [0.5, 0.6) is 0 Å². The number of nitrogens with zero attached hydrogens (tertiary/aromatic N) is 1. The molecule has 102 valence electrons. The van der Waals surface area contributed by atoms with Gasteiger partial charge < -0.3 is 5.32 Å². The van der Waals surface area contributed by atoms with E-state index in [1.165, 1.54) is 11.8 Å². The first-order chi connectivity index (χ1) is 8.82. The van der Waals surface area contributed by atoms with E-state index in [2.05, 4.69) is 32.2 Å². The van der Waals surface area contributed by atoms with Crippen molar-refractivity contribution in [2.24, 2.45) is 11.3 Å². The van der Waals surface area contributed by atoms with Crippen LogP contribution >= 0.6 is 11.3 Å². The van der Waals surface area contributed by atoms with Gasteiger partial charge in [0.05, 0.1) is 5.56 Å². The Morgan fingerprint density at radius 2 is 2.16 bits per heavy atom. The number of nitriles is 1. The smallest absolute Gasteiger partial charge is 0.221 e. The molecule has 4 heteroatoms. The molecule has 3 nitrogen and oxygen atoms in total. The number of thiophene rings is 1. The molecule has 19 heavy (non-hydrogen) atoms. The van der Waals surface area contributed by atoms with Crippen LogP contribution in [-0.4, -0.2) is 5.91 Å². The van der Waals surface area contributed by atoms with E-state index >= 15 is 0 Å². The van der Waals surface area contributed by atoms with Gasteiger partial charge in [-0.3, -0.25) is 4.79 Å². The average Bonchev–Trinajstić information content (AvgIpc) is 2.62. The fourth-order valence-corrected chi connectivity index (χ4v) is 4.02. The summed E-state index contributed by atoms with van der Waals surface area (Å²) in [5.41, 5.74) is 2.14. The van der Waals surface area contributed by atoms with Crippen LogP contribution in [0.3, 0.4) is 0 Å². The molecule has 0 aliphatic heterocycles. The summed E-state index contributed by atoms with van der Waals surface area (Å²) >= 11 is 1.58. The number of hydrogen-bond acceptors (Lipinski definition) is 3. The Morgan fingerprint density at radius 1 is 1.47 bits per heavy atom. The minimum Gasteiger partial charge on any atom is -0.317 e. The van der Waals surface area contributed by atoms with Crippen molar-refractivity contribution < 1.29 is 4.79 Å². The first-order valence-corrected chi connectivity index (χ1v) is 7.46. The zero-order valence-electron chi connectivity index (χ0n) is 12.0. The minimum absolute atomic E-state index is 0.109. The molecule has 1 heterocycles. The van der Waals surface area contributed by atoms with E-state index in [9.17, 15) is 10.1 Å². The third kappa shape index (κ3) is 2.82. The summed E-state index contributed by atoms with van der Waals surface area (Å²) in [7, 11) is 0. The van der Waals surface area contributed by atoms with E-state index in [-0.39, 0.29) is 5.91 Å². The summed E-state index contributed by atoms with van der Waals surface area (Å²) in [6, 6.07) is 2.26. The Balaban J connectivity index is 2.34. The molecule has 1 atom stereocenters. The van der Waals surface area contributed by atoms with E-state index < -0.39 is 0 Å². The van der Waals surface area contributed by atoms with Gasteiger partial charge in [-0.1, -0.05) is 20.8 Å². The van der Waals surface area contributed by atoms with Gasteiger partial charge in [0, 0.05) is 11.8 Å². The highest BCUT2D eigenvalue weighted by Crippen LogP contribution is 2.43. The molecule has 0 bridgehead atoms. The van der Waals surface area contributed by atoms with Crippen molar-refractivity contribution in [1.82, 2.24) is 0 Å². The molecule has 1 aromatic rings. The summed E-state index contributed by atoms with van der Waals surface area (Å²) in [6.45, 7) is 8.31. The van der Waals surface area contributed by atoms with Crippen molar-refractivity contribution in [1.29, 1.82) is 5.26 Å². The molecule has 0 fully saturated rings. The number of hydrogen-bond donors (Lipinski definition) is 1. The van der Waals surface area contributed by atoms with Crippen molar-refractivity contribution in [3.05, 3.63) is 16.0 Å². The van der Waals surface area contributed by atoms with Crippen LogP contribution in [-0.2, 0) is 17.6 Å². The van der Waals surface area contributed by atoms with Crippen LogP contribution in [0.1, 0.15) is 50.1 Å². The van der Waals surface area contributed by atoms with Gasteiger partial charge in [-0.15, -0.1) is 11.3 Å². The molecule has 0 radical (unpaired) electrons. The highest BCUT2D eigenvalue weighted by atomic mass is 32.1.